The fourth-order valence-electron chi connectivity index (χ4n) is 2.89. The number of imidazole rings is 1. The summed E-state index contributed by atoms with van der Waals surface area (Å²) in [5.41, 5.74) is 3.58. The van der Waals surface area contributed by atoms with E-state index in [9.17, 15) is 4.79 Å². The lowest BCUT2D eigenvalue weighted by molar-refractivity contribution is 0.0905. The van der Waals surface area contributed by atoms with Gasteiger partial charge in [-0.3, -0.25) is 4.79 Å². The molecule has 3 aromatic rings. The summed E-state index contributed by atoms with van der Waals surface area (Å²) in [5.74, 6) is 1.32. The lowest BCUT2D eigenvalue weighted by atomic mass is 10.2. The largest absolute Gasteiger partial charge is 0.327 e. The highest BCUT2D eigenvalue weighted by atomic mass is 32.2. The monoisotopic (exact) mass is 325 g/mol. The summed E-state index contributed by atoms with van der Waals surface area (Å²) in [6.45, 7) is 1.87. The van der Waals surface area contributed by atoms with E-state index in [4.69, 9.17) is 4.98 Å². The van der Waals surface area contributed by atoms with E-state index in [0.29, 0.717) is 12.2 Å². The number of carbonyl (C=O) groups excluding carboxylic acids is 1. The second kappa shape index (κ2) is 5.06. The predicted molar refractivity (Wildman–Crippen MR) is 91.7 cm³/mol. The molecule has 1 aliphatic rings. The highest BCUT2D eigenvalue weighted by Crippen LogP contribution is 2.40. The van der Waals surface area contributed by atoms with Crippen molar-refractivity contribution in [2.45, 2.75) is 18.4 Å². The lowest BCUT2D eigenvalue weighted by Crippen LogP contribution is -2.19. The van der Waals surface area contributed by atoms with Crippen LogP contribution in [-0.4, -0.2) is 37.2 Å². The smallest absolute Gasteiger partial charge is 0.254 e. The number of thioether (sulfide) groups is 1. The Balaban J connectivity index is 2.06. The van der Waals surface area contributed by atoms with E-state index >= 15 is 0 Å². The first kappa shape index (κ1) is 14.2. The third-order valence-corrected chi connectivity index (χ3v) is 4.65. The quantitative estimate of drug-likeness (QED) is 0.678. The molecule has 0 radical (unpaired) electrons. The fourth-order valence-corrected chi connectivity index (χ4v) is 3.44. The zero-order valence-electron chi connectivity index (χ0n) is 13.1. The standard InChI is InChI=1S/C16H15N5OS/c1-9-8-12(22)21-15(17-9)13(16(19-21)23-3)14-18-10-6-4-5-7-11(10)20(14)2/h4-7H,8H2,1-3H3. The van der Waals surface area contributed by atoms with Crippen LogP contribution < -0.4 is 0 Å². The molecule has 0 bridgehead atoms. The Morgan fingerprint density at radius 3 is 2.78 bits per heavy atom. The van der Waals surface area contributed by atoms with Gasteiger partial charge in [-0.25, -0.2) is 9.98 Å². The first-order valence-corrected chi connectivity index (χ1v) is 8.49. The Hall–Kier alpha value is -2.41. The van der Waals surface area contributed by atoms with Gasteiger partial charge in [0.05, 0.1) is 23.0 Å². The van der Waals surface area contributed by atoms with Gasteiger partial charge in [-0.2, -0.15) is 9.78 Å². The van der Waals surface area contributed by atoms with E-state index in [2.05, 4.69) is 10.1 Å². The second-order valence-corrected chi connectivity index (χ2v) is 6.32. The van der Waals surface area contributed by atoms with Gasteiger partial charge in [-0.15, -0.1) is 11.8 Å². The maximum Gasteiger partial charge on any atom is 0.254 e. The Kier molecular flexibility index (Phi) is 3.12. The van der Waals surface area contributed by atoms with Crippen molar-refractivity contribution in [1.82, 2.24) is 19.3 Å². The zero-order valence-corrected chi connectivity index (χ0v) is 13.9. The van der Waals surface area contributed by atoms with E-state index in [0.717, 1.165) is 33.2 Å². The summed E-state index contributed by atoms with van der Waals surface area (Å²) in [5, 5.41) is 5.21. The maximum absolute atomic E-state index is 12.2. The van der Waals surface area contributed by atoms with Crippen LogP contribution in [0.25, 0.3) is 22.4 Å². The van der Waals surface area contributed by atoms with Crippen LogP contribution in [0.1, 0.15) is 18.1 Å². The molecule has 0 spiro atoms. The van der Waals surface area contributed by atoms with Crippen molar-refractivity contribution < 1.29 is 4.79 Å². The van der Waals surface area contributed by atoms with Gasteiger partial charge >= 0.3 is 0 Å². The molecule has 116 valence electrons. The van der Waals surface area contributed by atoms with Crippen LogP contribution in [0.2, 0.25) is 0 Å². The second-order valence-electron chi connectivity index (χ2n) is 5.52. The van der Waals surface area contributed by atoms with E-state index in [-0.39, 0.29) is 5.91 Å². The van der Waals surface area contributed by atoms with Crippen LogP contribution in [0.5, 0.6) is 0 Å². The molecule has 0 aliphatic carbocycles. The van der Waals surface area contributed by atoms with E-state index in [1.54, 1.807) is 0 Å². The number of carbonyl (C=O) groups is 1. The van der Waals surface area contributed by atoms with Crippen molar-refractivity contribution in [3.8, 4) is 11.4 Å². The Morgan fingerprint density at radius 1 is 1.26 bits per heavy atom. The molecule has 6 nitrogen and oxygen atoms in total. The number of aryl methyl sites for hydroxylation is 1. The Labute approximate surface area is 137 Å². The molecule has 4 rings (SSSR count). The minimum atomic E-state index is -0.0483. The minimum absolute atomic E-state index is 0.0483. The van der Waals surface area contributed by atoms with Crippen LogP contribution in [0, 0.1) is 0 Å². The normalized spacial score (nSPS) is 14.2. The van der Waals surface area contributed by atoms with Gasteiger partial charge in [0.1, 0.15) is 10.9 Å². The first-order chi connectivity index (χ1) is 11.1. The molecule has 0 fully saturated rings. The summed E-state index contributed by atoms with van der Waals surface area (Å²) in [4.78, 5) is 21.6. The van der Waals surface area contributed by atoms with Gasteiger partial charge in [-0.05, 0) is 25.3 Å². The van der Waals surface area contributed by atoms with Crippen molar-refractivity contribution in [3.05, 3.63) is 24.3 Å². The maximum atomic E-state index is 12.2. The molecule has 0 saturated carbocycles. The number of aromatic nitrogens is 4. The molecule has 1 aromatic carbocycles. The van der Waals surface area contributed by atoms with Gasteiger partial charge in [-0.1, -0.05) is 12.1 Å². The first-order valence-electron chi connectivity index (χ1n) is 7.26. The Morgan fingerprint density at radius 2 is 2.04 bits per heavy atom. The highest BCUT2D eigenvalue weighted by Gasteiger charge is 2.28. The number of nitrogens with zero attached hydrogens (tertiary/aromatic N) is 5. The number of hydrogen-bond donors (Lipinski definition) is 0. The zero-order chi connectivity index (χ0) is 16.1. The molecule has 0 amide bonds. The van der Waals surface area contributed by atoms with E-state index in [1.807, 2.05) is 49.1 Å². The molecule has 1 aliphatic heterocycles. The third-order valence-electron chi connectivity index (χ3n) is 3.97. The number of fused-ring (bicyclic) bond motifs is 2. The number of rotatable bonds is 2. The van der Waals surface area contributed by atoms with Gasteiger partial charge in [0.15, 0.2) is 5.82 Å². The summed E-state index contributed by atoms with van der Waals surface area (Å²) >= 11 is 1.50. The van der Waals surface area contributed by atoms with Crippen LogP contribution in [0.15, 0.2) is 34.3 Å². The molecular formula is C16H15N5OS. The predicted octanol–water partition coefficient (Wildman–Crippen LogP) is 3.30. The molecule has 7 heteroatoms. The topological polar surface area (TPSA) is 65.1 Å². The van der Waals surface area contributed by atoms with E-state index in [1.165, 1.54) is 16.4 Å². The fraction of sp³-hybridized carbons (Fsp3) is 0.250. The molecule has 0 atom stereocenters. The van der Waals surface area contributed by atoms with Crippen LogP contribution in [0.4, 0.5) is 5.82 Å². The molecule has 0 unspecified atom stereocenters. The van der Waals surface area contributed by atoms with E-state index < -0.39 is 0 Å². The van der Waals surface area contributed by atoms with Crippen molar-refractivity contribution >= 4 is 40.2 Å². The molecule has 3 heterocycles. The number of aliphatic imine (C=N–C) groups is 1. The minimum Gasteiger partial charge on any atom is -0.327 e. The van der Waals surface area contributed by atoms with Crippen molar-refractivity contribution in [3.63, 3.8) is 0 Å². The van der Waals surface area contributed by atoms with Crippen molar-refractivity contribution in [1.29, 1.82) is 0 Å². The highest BCUT2D eigenvalue weighted by molar-refractivity contribution is 7.98. The van der Waals surface area contributed by atoms with Crippen LogP contribution >= 0.6 is 11.8 Å². The van der Waals surface area contributed by atoms with Crippen molar-refractivity contribution in [2.75, 3.05) is 6.26 Å². The number of benzene rings is 1. The van der Waals surface area contributed by atoms with Crippen molar-refractivity contribution in [2.24, 2.45) is 12.0 Å². The SMILES string of the molecule is CSc1nn2c(c1-c1nc3ccccc3n1C)N=C(C)CC2=O. The molecule has 2 aromatic heterocycles. The lowest BCUT2D eigenvalue weighted by Gasteiger charge is -2.10. The van der Waals surface area contributed by atoms with Gasteiger partial charge < -0.3 is 4.57 Å². The average molecular weight is 325 g/mol. The molecule has 23 heavy (non-hydrogen) atoms. The summed E-state index contributed by atoms with van der Waals surface area (Å²) in [6.07, 6.45) is 2.26. The van der Waals surface area contributed by atoms with Crippen LogP contribution in [-0.2, 0) is 7.05 Å². The third kappa shape index (κ3) is 2.03. The summed E-state index contributed by atoms with van der Waals surface area (Å²) in [7, 11) is 1.97. The van der Waals surface area contributed by atoms with Gasteiger partial charge in [0.2, 0.25) is 0 Å². The number of hydrogen-bond acceptors (Lipinski definition) is 5. The van der Waals surface area contributed by atoms with Gasteiger partial charge in [0, 0.05) is 12.8 Å². The summed E-state index contributed by atoms with van der Waals surface area (Å²) in [6, 6.07) is 7.96. The van der Waals surface area contributed by atoms with Gasteiger partial charge in [0.25, 0.3) is 5.91 Å². The Bertz CT molecular complexity index is 982. The average Bonchev–Trinajstić information content (AvgIpc) is 3.05. The molecule has 0 saturated heterocycles. The molecular weight excluding hydrogens is 310 g/mol. The number of para-hydroxylation sites is 2. The summed E-state index contributed by atoms with van der Waals surface area (Å²) < 4.78 is 3.43. The molecule has 0 N–H and O–H groups in total. The van der Waals surface area contributed by atoms with Crippen LogP contribution in [0.3, 0.4) is 0 Å².